The van der Waals surface area contributed by atoms with Crippen LogP contribution in [-0.2, 0) is 4.79 Å². The van der Waals surface area contributed by atoms with Crippen LogP contribution in [-0.4, -0.2) is 60.0 Å². The molecule has 2 N–H and O–H groups in total. The van der Waals surface area contributed by atoms with Crippen LogP contribution in [0.2, 0.25) is 0 Å². The smallest absolute Gasteiger partial charge is 0.256 e. The number of rotatable bonds is 5. The summed E-state index contributed by atoms with van der Waals surface area (Å²) in [6.45, 7) is 3.05. The van der Waals surface area contributed by atoms with Crippen molar-refractivity contribution in [3.8, 4) is 0 Å². The number of benzene rings is 3. The van der Waals surface area contributed by atoms with E-state index in [4.69, 9.17) is 12.2 Å². The summed E-state index contributed by atoms with van der Waals surface area (Å²) in [5.41, 5.74) is 2.86. The third-order valence-electron chi connectivity index (χ3n) is 5.96. The normalized spacial score (nSPS) is 14.0. The zero-order valence-electron chi connectivity index (χ0n) is 19.1. The number of likely N-dealkylation sites (N-methyl/N-ethyl adjacent to an activating group) is 1. The molecule has 34 heavy (non-hydrogen) atoms. The van der Waals surface area contributed by atoms with Crippen molar-refractivity contribution in [3.05, 3.63) is 102 Å². The first-order valence-corrected chi connectivity index (χ1v) is 11.7. The molecule has 3 aromatic rings. The van der Waals surface area contributed by atoms with Crippen LogP contribution in [0.4, 0.5) is 5.69 Å². The zero-order valence-corrected chi connectivity index (χ0v) is 19.9. The lowest BCUT2D eigenvalue weighted by Gasteiger charge is -2.32. The molecule has 6 nitrogen and oxygen atoms in total. The van der Waals surface area contributed by atoms with Crippen LogP contribution in [0.25, 0.3) is 0 Å². The van der Waals surface area contributed by atoms with Gasteiger partial charge < -0.3 is 20.4 Å². The van der Waals surface area contributed by atoms with Crippen molar-refractivity contribution in [1.29, 1.82) is 0 Å². The van der Waals surface area contributed by atoms with Crippen molar-refractivity contribution in [2.75, 3.05) is 38.5 Å². The molecule has 4 rings (SSSR count). The van der Waals surface area contributed by atoms with Gasteiger partial charge in [-0.15, -0.1) is 0 Å². The Morgan fingerprint density at radius 1 is 0.794 bits per heavy atom. The molecular weight excluding hydrogens is 444 g/mol. The minimum absolute atomic E-state index is 0.0447. The highest BCUT2D eigenvalue weighted by molar-refractivity contribution is 7.80. The Morgan fingerprint density at radius 2 is 1.32 bits per heavy atom. The van der Waals surface area contributed by atoms with Crippen molar-refractivity contribution in [3.63, 3.8) is 0 Å². The van der Waals surface area contributed by atoms with Crippen LogP contribution in [0.5, 0.6) is 0 Å². The molecule has 1 aliphatic rings. The molecule has 1 aliphatic heterocycles. The molecule has 1 saturated heterocycles. The van der Waals surface area contributed by atoms with Crippen molar-refractivity contribution in [1.82, 2.24) is 15.1 Å². The second-order valence-electron chi connectivity index (χ2n) is 8.34. The second kappa shape index (κ2) is 11.0. The predicted molar refractivity (Wildman–Crippen MR) is 139 cm³/mol. The lowest BCUT2D eigenvalue weighted by molar-refractivity contribution is -0.120. The van der Waals surface area contributed by atoms with Crippen molar-refractivity contribution >= 4 is 34.8 Å². The third-order valence-corrected chi connectivity index (χ3v) is 6.17. The SMILES string of the molecule is CN1CCN(C(=O)c2ccccc2NC(=S)NC(=O)C(c2ccccc2)c2ccccc2)CC1. The standard InChI is InChI=1S/C27H28N4O2S/c1-30-16-18-31(19-17-30)26(33)22-14-8-9-15-23(22)28-27(34)29-25(32)24(20-10-4-2-5-11-20)21-12-6-3-7-13-21/h2-15,24H,16-19H2,1H3,(H2,28,29,32,34). The quantitative estimate of drug-likeness (QED) is 0.554. The fourth-order valence-corrected chi connectivity index (χ4v) is 4.29. The van der Waals surface area contributed by atoms with Gasteiger partial charge in [-0.05, 0) is 42.5 Å². The summed E-state index contributed by atoms with van der Waals surface area (Å²) < 4.78 is 0. The van der Waals surface area contributed by atoms with Crippen LogP contribution in [0.1, 0.15) is 27.4 Å². The topological polar surface area (TPSA) is 64.7 Å². The van der Waals surface area contributed by atoms with E-state index in [1.54, 1.807) is 12.1 Å². The van der Waals surface area contributed by atoms with Gasteiger partial charge in [0.05, 0.1) is 17.2 Å². The first-order valence-electron chi connectivity index (χ1n) is 11.3. The number of nitrogens with one attached hydrogen (secondary N) is 2. The Kier molecular flexibility index (Phi) is 7.67. The molecule has 2 amide bonds. The summed E-state index contributed by atoms with van der Waals surface area (Å²) in [6.07, 6.45) is 0. The van der Waals surface area contributed by atoms with E-state index in [0.717, 1.165) is 24.2 Å². The van der Waals surface area contributed by atoms with E-state index in [1.807, 2.05) is 77.7 Å². The average molecular weight is 473 g/mol. The number of thiocarbonyl (C=S) groups is 1. The number of hydrogen-bond acceptors (Lipinski definition) is 4. The maximum absolute atomic E-state index is 13.3. The number of carbonyl (C=O) groups excluding carboxylic acids is 2. The highest BCUT2D eigenvalue weighted by Gasteiger charge is 2.25. The van der Waals surface area contributed by atoms with Crippen LogP contribution in [0.15, 0.2) is 84.9 Å². The summed E-state index contributed by atoms with van der Waals surface area (Å²) in [5, 5.41) is 6.05. The molecule has 0 atom stereocenters. The van der Waals surface area contributed by atoms with Gasteiger partial charge in [-0.1, -0.05) is 72.8 Å². The van der Waals surface area contributed by atoms with Gasteiger partial charge in [0.2, 0.25) is 5.91 Å². The van der Waals surface area contributed by atoms with Gasteiger partial charge in [-0.2, -0.15) is 0 Å². The summed E-state index contributed by atoms with van der Waals surface area (Å²) in [7, 11) is 2.05. The van der Waals surface area contributed by atoms with Crippen LogP contribution in [0, 0.1) is 0 Å². The molecular formula is C27H28N4O2S. The first kappa shape index (κ1) is 23.6. The van der Waals surface area contributed by atoms with E-state index in [2.05, 4.69) is 22.6 Å². The van der Waals surface area contributed by atoms with E-state index in [0.29, 0.717) is 24.3 Å². The largest absolute Gasteiger partial charge is 0.336 e. The summed E-state index contributed by atoms with van der Waals surface area (Å²) in [4.78, 5) is 30.5. The third kappa shape index (κ3) is 5.68. The first-order chi connectivity index (χ1) is 16.5. The van der Waals surface area contributed by atoms with E-state index in [-0.39, 0.29) is 16.9 Å². The van der Waals surface area contributed by atoms with E-state index < -0.39 is 5.92 Å². The Bertz CT molecular complexity index is 1110. The Balaban J connectivity index is 1.49. The minimum Gasteiger partial charge on any atom is -0.336 e. The van der Waals surface area contributed by atoms with E-state index in [9.17, 15) is 9.59 Å². The average Bonchev–Trinajstić information content (AvgIpc) is 2.86. The van der Waals surface area contributed by atoms with Gasteiger partial charge >= 0.3 is 0 Å². The Morgan fingerprint density at radius 3 is 1.91 bits per heavy atom. The van der Waals surface area contributed by atoms with Crippen molar-refractivity contribution in [2.24, 2.45) is 0 Å². The van der Waals surface area contributed by atoms with E-state index >= 15 is 0 Å². The van der Waals surface area contributed by atoms with Crippen molar-refractivity contribution < 1.29 is 9.59 Å². The summed E-state index contributed by atoms with van der Waals surface area (Å²) in [5.74, 6) is -0.793. The van der Waals surface area contributed by atoms with Gasteiger partial charge in [-0.3, -0.25) is 9.59 Å². The lowest BCUT2D eigenvalue weighted by atomic mass is 9.90. The number of amides is 2. The molecule has 0 bridgehead atoms. The summed E-state index contributed by atoms with van der Waals surface area (Å²) >= 11 is 5.47. The highest BCUT2D eigenvalue weighted by Crippen LogP contribution is 2.25. The fraction of sp³-hybridized carbons (Fsp3) is 0.222. The Labute approximate surface area is 205 Å². The molecule has 0 aliphatic carbocycles. The monoisotopic (exact) mass is 472 g/mol. The van der Waals surface area contributed by atoms with Crippen LogP contribution >= 0.6 is 12.2 Å². The molecule has 3 aromatic carbocycles. The van der Waals surface area contributed by atoms with Crippen LogP contribution in [0.3, 0.4) is 0 Å². The predicted octanol–water partition coefficient (Wildman–Crippen LogP) is 3.72. The molecule has 0 aromatic heterocycles. The number of piperazine rings is 1. The zero-order chi connectivity index (χ0) is 23.9. The molecule has 1 fully saturated rings. The van der Waals surface area contributed by atoms with Gasteiger partial charge in [0.1, 0.15) is 0 Å². The second-order valence-corrected chi connectivity index (χ2v) is 8.75. The maximum Gasteiger partial charge on any atom is 0.256 e. The lowest BCUT2D eigenvalue weighted by Crippen LogP contribution is -2.47. The Hall–Kier alpha value is -3.55. The molecule has 0 spiro atoms. The van der Waals surface area contributed by atoms with Gasteiger partial charge in [0, 0.05) is 26.2 Å². The molecule has 7 heteroatoms. The van der Waals surface area contributed by atoms with Gasteiger partial charge in [0.25, 0.3) is 5.91 Å². The number of carbonyl (C=O) groups is 2. The maximum atomic E-state index is 13.3. The summed E-state index contributed by atoms with van der Waals surface area (Å²) in [6, 6.07) is 26.5. The minimum atomic E-state index is -0.510. The molecule has 1 heterocycles. The van der Waals surface area contributed by atoms with Crippen LogP contribution < -0.4 is 10.6 Å². The highest BCUT2D eigenvalue weighted by atomic mass is 32.1. The van der Waals surface area contributed by atoms with Gasteiger partial charge in [-0.25, -0.2) is 0 Å². The molecule has 0 saturated carbocycles. The fourth-order valence-electron chi connectivity index (χ4n) is 4.08. The number of nitrogens with zero attached hydrogens (tertiary/aromatic N) is 2. The molecule has 174 valence electrons. The van der Waals surface area contributed by atoms with Crippen molar-refractivity contribution in [2.45, 2.75) is 5.92 Å². The molecule has 0 radical (unpaired) electrons. The van der Waals surface area contributed by atoms with E-state index in [1.165, 1.54) is 0 Å². The number of para-hydroxylation sites is 1. The number of anilines is 1. The number of hydrogen-bond donors (Lipinski definition) is 2. The molecule has 0 unspecified atom stereocenters. The van der Waals surface area contributed by atoms with Gasteiger partial charge in [0.15, 0.2) is 5.11 Å².